The average molecular weight is 297 g/mol. The minimum Gasteiger partial charge on any atom is -0.382 e. The second-order valence-electron chi connectivity index (χ2n) is 4.18. The van der Waals surface area contributed by atoms with Gasteiger partial charge in [0, 0.05) is 13.5 Å². The number of methoxy groups -OCH3 is 1. The maximum Gasteiger partial charge on any atom is 0.249 e. The van der Waals surface area contributed by atoms with Crippen molar-refractivity contribution in [2.75, 3.05) is 26.9 Å². The van der Waals surface area contributed by atoms with E-state index in [1.807, 2.05) is 30.3 Å². The van der Waals surface area contributed by atoms with Crippen molar-refractivity contribution < 1.29 is 14.0 Å². The monoisotopic (exact) mass is 296 g/mol. The zero-order valence-electron chi connectivity index (χ0n) is 11.3. The number of ether oxygens (including phenoxy) is 2. The highest BCUT2D eigenvalue weighted by Crippen LogP contribution is 2.26. The number of aromatic nitrogens is 2. The molecule has 0 spiro atoms. The number of hydrogen-bond donors (Lipinski definition) is 0. The Morgan fingerprint density at radius 1 is 1.20 bits per heavy atom. The molecular weight excluding hydrogens is 280 g/mol. The molecule has 1 unspecified atom stereocenters. The Kier molecular flexibility index (Phi) is 5.98. The van der Waals surface area contributed by atoms with Crippen LogP contribution in [0.25, 0.3) is 0 Å². The Balaban J connectivity index is 1.85. The minimum absolute atomic E-state index is 0.407. The van der Waals surface area contributed by atoms with Crippen LogP contribution in [-0.2, 0) is 15.9 Å². The standard InChI is InChI=1S/C14H17ClN2O3/c1-18-9-10-19-8-7-12-16-14(20-17-12)13(15)11-5-3-2-4-6-11/h2-6,13H,7-10H2,1H3. The van der Waals surface area contributed by atoms with E-state index in [4.69, 9.17) is 25.6 Å². The molecule has 0 radical (unpaired) electrons. The van der Waals surface area contributed by atoms with Gasteiger partial charge in [0.1, 0.15) is 5.38 Å². The highest BCUT2D eigenvalue weighted by atomic mass is 35.5. The summed E-state index contributed by atoms with van der Waals surface area (Å²) in [5.74, 6) is 1.00. The van der Waals surface area contributed by atoms with Crippen molar-refractivity contribution in [2.24, 2.45) is 0 Å². The molecule has 20 heavy (non-hydrogen) atoms. The Bertz CT molecular complexity index is 504. The smallest absolute Gasteiger partial charge is 0.249 e. The van der Waals surface area contributed by atoms with Gasteiger partial charge in [-0.3, -0.25) is 0 Å². The summed E-state index contributed by atoms with van der Waals surface area (Å²) in [7, 11) is 1.64. The topological polar surface area (TPSA) is 57.4 Å². The summed E-state index contributed by atoms with van der Waals surface area (Å²) in [6, 6.07) is 9.63. The maximum absolute atomic E-state index is 6.30. The van der Waals surface area contributed by atoms with E-state index < -0.39 is 5.38 Å². The Morgan fingerprint density at radius 2 is 2.00 bits per heavy atom. The fraction of sp³-hybridized carbons (Fsp3) is 0.429. The van der Waals surface area contributed by atoms with Gasteiger partial charge in [0.15, 0.2) is 5.82 Å². The number of benzene rings is 1. The lowest BCUT2D eigenvalue weighted by atomic mass is 10.1. The fourth-order valence-corrected chi connectivity index (χ4v) is 1.88. The Labute approximate surface area is 122 Å². The van der Waals surface area contributed by atoms with Gasteiger partial charge in [0.05, 0.1) is 19.8 Å². The molecule has 0 saturated heterocycles. The van der Waals surface area contributed by atoms with Crippen LogP contribution in [0.5, 0.6) is 0 Å². The van der Waals surface area contributed by atoms with Crippen LogP contribution in [-0.4, -0.2) is 37.1 Å². The summed E-state index contributed by atoms with van der Waals surface area (Å²) in [4.78, 5) is 4.28. The Morgan fingerprint density at radius 3 is 2.75 bits per heavy atom. The molecule has 0 N–H and O–H groups in total. The number of rotatable bonds is 8. The molecule has 0 fully saturated rings. The first-order valence-electron chi connectivity index (χ1n) is 6.39. The molecule has 0 aliphatic rings. The van der Waals surface area contributed by atoms with E-state index in [1.165, 1.54) is 0 Å². The predicted octanol–water partition coefficient (Wildman–Crippen LogP) is 2.60. The third-order valence-electron chi connectivity index (χ3n) is 2.69. The zero-order chi connectivity index (χ0) is 14.2. The van der Waals surface area contributed by atoms with Crippen LogP contribution in [0.2, 0.25) is 0 Å². The van der Waals surface area contributed by atoms with Crippen molar-refractivity contribution >= 4 is 11.6 Å². The van der Waals surface area contributed by atoms with Gasteiger partial charge in [-0.05, 0) is 5.56 Å². The summed E-state index contributed by atoms with van der Waals surface area (Å²) in [6.07, 6.45) is 0.589. The van der Waals surface area contributed by atoms with Crippen LogP contribution < -0.4 is 0 Å². The van der Waals surface area contributed by atoms with E-state index in [2.05, 4.69) is 10.1 Å². The van der Waals surface area contributed by atoms with Gasteiger partial charge in [-0.15, -0.1) is 11.6 Å². The minimum atomic E-state index is -0.424. The SMILES string of the molecule is COCCOCCc1noc(C(Cl)c2ccccc2)n1. The Hall–Kier alpha value is -1.43. The summed E-state index contributed by atoms with van der Waals surface area (Å²) < 4.78 is 15.4. The molecule has 2 aromatic rings. The third-order valence-corrected chi connectivity index (χ3v) is 3.13. The van der Waals surface area contributed by atoms with Crippen LogP contribution in [0.4, 0.5) is 0 Å². The van der Waals surface area contributed by atoms with Gasteiger partial charge in [0.25, 0.3) is 0 Å². The van der Waals surface area contributed by atoms with Crippen molar-refractivity contribution in [2.45, 2.75) is 11.8 Å². The highest BCUT2D eigenvalue weighted by molar-refractivity contribution is 6.22. The van der Waals surface area contributed by atoms with Gasteiger partial charge in [-0.25, -0.2) is 0 Å². The van der Waals surface area contributed by atoms with Crippen LogP contribution in [0, 0.1) is 0 Å². The summed E-state index contributed by atoms with van der Waals surface area (Å²) in [6.45, 7) is 1.67. The molecule has 6 heteroatoms. The molecule has 1 aromatic heterocycles. The first-order chi connectivity index (χ1) is 9.81. The van der Waals surface area contributed by atoms with Gasteiger partial charge in [-0.1, -0.05) is 35.5 Å². The summed E-state index contributed by atoms with van der Waals surface area (Å²) in [5, 5.41) is 3.47. The predicted molar refractivity (Wildman–Crippen MR) is 74.8 cm³/mol. The summed E-state index contributed by atoms with van der Waals surface area (Å²) >= 11 is 6.30. The van der Waals surface area contributed by atoms with Crippen molar-refractivity contribution in [1.82, 2.24) is 10.1 Å². The van der Waals surface area contributed by atoms with Gasteiger partial charge >= 0.3 is 0 Å². The number of nitrogens with zero attached hydrogens (tertiary/aromatic N) is 2. The maximum atomic E-state index is 6.30. The van der Waals surface area contributed by atoms with E-state index in [9.17, 15) is 0 Å². The first-order valence-corrected chi connectivity index (χ1v) is 6.83. The highest BCUT2D eigenvalue weighted by Gasteiger charge is 2.17. The number of halogens is 1. The average Bonchev–Trinajstić information content (AvgIpc) is 2.96. The van der Waals surface area contributed by atoms with Crippen LogP contribution in [0.15, 0.2) is 34.9 Å². The molecule has 1 atom stereocenters. The fourth-order valence-electron chi connectivity index (χ4n) is 1.64. The molecule has 0 bridgehead atoms. The van der Waals surface area contributed by atoms with Crippen molar-refractivity contribution in [3.05, 3.63) is 47.6 Å². The molecule has 108 valence electrons. The largest absolute Gasteiger partial charge is 0.382 e. The van der Waals surface area contributed by atoms with E-state index in [1.54, 1.807) is 7.11 Å². The molecule has 1 heterocycles. The van der Waals surface area contributed by atoms with Gasteiger partial charge in [-0.2, -0.15) is 4.98 Å². The van der Waals surface area contributed by atoms with Crippen molar-refractivity contribution in [3.63, 3.8) is 0 Å². The molecule has 0 aliphatic carbocycles. The van der Waals surface area contributed by atoms with Crippen molar-refractivity contribution in [3.8, 4) is 0 Å². The quantitative estimate of drug-likeness (QED) is 0.553. The van der Waals surface area contributed by atoms with Gasteiger partial charge < -0.3 is 14.0 Å². The molecule has 2 rings (SSSR count). The normalized spacial score (nSPS) is 12.5. The molecule has 0 amide bonds. The molecule has 0 aliphatic heterocycles. The number of alkyl halides is 1. The molecule has 5 nitrogen and oxygen atoms in total. The van der Waals surface area contributed by atoms with E-state index in [-0.39, 0.29) is 0 Å². The van der Waals surface area contributed by atoms with Crippen LogP contribution in [0.3, 0.4) is 0 Å². The van der Waals surface area contributed by atoms with E-state index in [0.717, 1.165) is 5.56 Å². The van der Waals surface area contributed by atoms with E-state index in [0.29, 0.717) is 38.0 Å². The lowest BCUT2D eigenvalue weighted by Crippen LogP contribution is -2.05. The second-order valence-corrected chi connectivity index (χ2v) is 4.61. The first kappa shape index (κ1) is 15.0. The van der Waals surface area contributed by atoms with Crippen molar-refractivity contribution in [1.29, 1.82) is 0 Å². The molecule has 1 aromatic carbocycles. The molecular formula is C14H17ClN2O3. The lowest BCUT2D eigenvalue weighted by molar-refractivity contribution is 0.0714. The third kappa shape index (κ3) is 4.30. The van der Waals surface area contributed by atoms with Crippen LogP contribution in [0.1, 0.15) is 22.7 Å². The zero-order valence-corrected chi connectivity index (χ0v) is 12.0. The van der Waals surface area contributed by atoms with Gasteiger partial charge in [0.2, 0.25) is 5.89 Å². The molecule has 0 saturated carbocycles. The second kappa shape index (κ2) is 7.99. The van der Waals surface area contributed by atoms with E-state index >= 15 is 0 Å². The number of hydrogen-bond acceptors (Lipinski definition) is 5. The lowest BCUT2D eigenvalue weighted by Gasteiger charge is -2.03. The summed E-state index contributed by atoms with van der Waals surface area (Å²) in [5.41, 5.74) is 0.931. The van der Waals surface area contributed by atoms with Crippen LogP contribution >= 0.6 is 11.6 Å².